The fourth-order valence-corrected chi connectivity index (χ4v) is 4.03. The average molecular weight is 443 g/mol. The van der Waals surface area contributed by atoms with Gasteiger partial charge in [0.15, 0.2) is 0 Å². The van der Waals surface area contributed by atoms with Crippen molar-refractivity contribution in [3.8, 4) is 0 Å². The lowest BCUT2D eigenvalue weighted by Crippen LogP contribution is -2.34. The molecule has 1 N–H and O–H groups in total. The predicted octanol–water partition coefficient (Wildman–Crippen LogP) is 4.85. The molecule has 0 radical (unpaired) electrons. The third-order valence-corrected chi connectivity index (χ3v) is 5.57. The first kappa shape index (κ1) is 18.0. The van der Waals surface area contributed by atoms with E-state index in [2.05, 4.69) is 15.9 Å². The Hall–Kier alpha value is -1.83. The van der Waals surface area contributed by atoms with Crippen molar-refractivity contribution in [3.63, 3.8) is 0 Å². The summed E-state index contributed by atoms with van der Waals surface area (Å²) in [5.41, 5.74) is 0.830. The summed E-state index contributed by atoms with van der Waals surface area (Å²) < 4.78 is 14.8. The molecule has 0 atom stereocenters. The molecule has 2 aromatic carbocycles. The highest BCUT2D eigenvalue weighted by atomic mass is 79.9. The van der Waals surface area contributed by atoms with Crippen LogP contribution >= 0.6 is 39.3 Å². The Kier molecular flexibility index (Phi) is 5.17. The summed E-state index contributed by atoms with van der Waals surface area (Å²) in [6, 6.07) is 9.59. The number of rotatable bonds is 3. The van der Waals surface area contributed by atoms with Gasteiger partial charge in [-0.3, -0.25) is 4.79 Å². The molecule has 128 valence electrons. The summed E-state index contributed by atoms with van der Waals surface area (Å²) in [6.45, 7) is -0.0389. The van der Waals surface area contributed by atoms with Crippen LogP contribution in [-0.4, -0.2) is 17.0 Å². The maximum atomic E-state index is 14.2. The van der Waals surface area contributed by atoms with Crippen molar-refractivity contribution in [2.75, 3.05) is 4.90 Å². The maximum Gasteiger partial charge on any atom is 0.329 e. The topological polar surface area (TPSA) is 57.6 Å². The van der Waals surface area contributed by atoms with Crippen molar-refractivity contribution < 1.29 is 19.1 Å². The molecule has 0 saturated heterocycles. The molecular formula is C17H10BrClFNO3S. The number of amides is 1. The molecule has 0 aromatic heterocycles. The molecule has 8 heteroatoms. The molecule has 0 aliphatic carbocycles. The van der Waals surface area contributed by atoms with Gasteiger partial charge in [-0.1, -0.05) is 51.4 Å². The van der Waals surface area contributed by atoms with E-state index in [0.29, 0.717) is 25.6 Å². The van der Waals surface area contributed by atoms with Crippen molar-refractivity contribution in [2.45, 2.75) is 11.4 Å². The number of anilines is 1. The first-order chi connectivity index (χ1) is 11.9. The Labute approximate surface area is 160 Å². The van der Waals surface area contributed by atoms with Gasteiger partial charge in [0.05, 0.1) is 27.1 Å². The lowest BCUT2D eigenvalue weighted by Gasteiger charge is -2.30. The minimum absolute atomic E-state index is 0.0191. The van der Waals surface area contributed by atoms with Crippen LogP contribution in [0, 0.1) is 5.82 Å². The van der Waals surface area contributed by atoms with Gasteiger partial charge in [0.1, 0.15) is 5.82 Å². The lowest BCUT2D eigenvalue weighted by molar-refractivity contribution is -0.131. The van der Waals surface area contributed by atoms with Crippen LogP contribution in [0.5, 0.6) is 0 Å². The molecule has 2 aromatic rings. The molecule has 1 aliphatic rings. The summed E-state index contributed by atoms with van der Waals surface area (Å²) >= 11 is 10.4. The number of thioether (sulfide) groups is 1. The highest BCUT2D eigenvalue weighted by Crippen LogP contribution is 2.45. The Bertz CT molecular complexity index is 919. The van der Waals surface area contributed by atoms with E-state index in [1.54, 1.807) is 30.3 Å². The molecular weight excluding hydrogens is 433 g/mol. The van der Waals surface area contributed by atoms with Crippen molar-refractivity contribution in [1.82, 2.24) is 0 Å². The van der Waals surface area contributed by atoms with Gasteiger partial charge in [-0.2, -0.15) is 0 Å². The molecule has 1 amide bonds. The predicted molar refractivity (Wildman–Crippen MR) is 98.3 cm³/mol. The van der Waals surface area contributed by atoms with E-state index >= 15 is 0 Å². The van der Waals surface area contributed by atoms with Gasteiger partial charge in [0.2, 0.25) is 0 Å². The fraction of sp³-hybridized carbons (Fsp3) is 0.0588. The quantitative estimate of drug-likeness (QED) is 0.691. The number of carbonyl (C=O) groups is 2. The van der Waals surface area contributed by atoms with Crippen molar-refractivity contribution in [3.05, 3.63) is 68.3 Å². The van der Waals surface area contributed by atoms with Crippen molar-refractivity contribution in [1.29, 1.82) is 0 Å². The molecule has 25 heavy (non-hydrogen) atoms. The van der Waals surface area contributed by atoms with Gasteiger partial charge in [-0.05, 0) is 24.3 Å². The van der Waals surface area contributed by atoms with Crippen molar-refractivity contribution in [2.24, 2.45) is 0 Å². The second-order valence-electron chi connectivity index (χ2n) is 5.16. The van der Waals surface area contributed by atoms with E-state index in [1.165, 1.54) is 11.0 Å². The first-order valence-electron chi connectivity index (χ1n) is 7.03. The van der Waals surface area contributed by atoms with Crippen LogP contribution in [-0.2, 0) is 16.1 Å². The number of nitrogens with zero attached hydrogens (tertiary/aromatic N) is 1. The number of benzene rings is 2. The highest BCUT2D eigenvalue weighted by Gasteiger charge is 2.31. The number of aliphatic carboxylic acids is 1. The Balaban J connectivity index is 2.08. The van der Waals surface area contributed by atoms with Gasteiger partial charge in [0, 0.05) is 16.1 Å². The summed E-state index contributed by atoms with van der Waals surface area (Å²) in [4.78, 5) is 25.6. The monoisotopic (exact) mass is 441 g/mol. The van der Waals surface area contributed by atoms with E-state index in [-0.39, 0.29) is 11.4 Å². The summed E-state index contributed by atoms with van der Waals surface area (Å²) in [5.74, 6) is -2.21. The van der Waals surface area contributed by atoms with Crippen LogP contribution in [0.3, 0.4) is 0 Å². The second-order valence-corrected chi connectivity index (χ2v) is 7.54. The van der Waals surface area contributed by atoms with Crippen LogP contribution in [0.4, 0.5) is 10.1 Å². The minimum atomic E-state index is -1.24. The summed E-state index contributed by atoms with van der Waals surface area (Å²) in [7, 11) is 0. The van der Waals surface area contributed by atoms with E-state index < -0.39 is 17.7 Å². The Morgan fingerprint density at radius 3 is 2.80 bits per heavy atom. The number of halogens is 3. The normalized spacial score (nSPS) is 15.4. The standard InChI is InChI=1S/C17H10BrClFNO3S/c18-10-5-4-9(12(20)6-10)8-21-13-3-1-2-11(19)16(13)25-14(17(21)24)7-15(22)23/h1-7H,8H2,(H,22,23). The van der Waals surface area contributed by atoms with E-state index in [9.17, 15) is 14.0 Å². The van der Waals surface area contributed by atoms with Crippen LogP contribution in [0.15, 0.2) is 56.7 Å². The summed E-state index contributed by atoms with van der Waals surface area (Å²) in [6.07, 6.45) is 0.838. The van der Waals surface area contributed by atoms with Crippen molar-refractivity contribution >= 4 is 56.9 Å². The number of carboxylic acid groups (broad SMARTS) is 1. The van der Waals surface area contributed by atoms with E-state index in [0.717, 1.165) is 17.8 Å². The van der Waals surface area contributed by atoms with Gasteiger partial charge >= 0.3 is 5.97 Å². The molecule has 0 spiro atoms. The number of carboxylic acids is 1. The van der Waals surface area contributed by atoms with E-state index in [4.69, 9.17) is 16.7 Å². The Morgan fingerprint density at radius 2 is 2.12 bits per heavy atom. The van der Waals surface area contributed by atoms with Crippen LogP contribution < -0.4 is 4.90 Å². The smallest absolute Gasteiger partial charge is 0.329 e. The Morgan fingerprint density at radius 1 is 1.36 bits per heavy atom. The molecule has 3 rings (SSSR count). The molecule has 0 fully saturated rings. The van der Waals surface area contributed by atoms with Crippen LogP contribution in [0.2, 0.25) is 5.02 Å². The summed E-state index contributed by atoms with van der Waals surface area (Å²) in [5, 5.41) is 9.39. The van der Waals surface area contributed by atoms with Gasteiger partial charge in [0.25, 0.3) is 5.91 Å². The van der Waals surface area contributed by atoms with Gasteiger partial charge in [-0.15, -0.1) is 0 Å². The molecule has 0 saturated carbocycles. The number of fused-ring (bicyclic) bond motifs is 1. The number of hydrogen-bond acceptors (Lipinski definition) is 3. The average Bonchev–Trinajstić information content (AvgIpc) is 2.54. The van der Waals surface area contributed by atoms with Crippen LogP contribution in [0.25, 0.3) is 0 Å². The van der Waals surface area contributed by atoms with Gasteiger partial charge in [-0.25, -0.2) is 9.18 Å². The molecule has 1 heterocycles. The third kappa shape index (κ3) is 3.73. The highest BCUT2D eigenvalue weighted by molar-refractivity contribution is 9.10. The lowest BCUT2D eigenvalue weighted by atomic mass is 10.1. The SMILES string of the molecule is O=C(O)C=C1Sc2c(Cl)cccc2N(Cc2ccc(Br)cc2F)C1=O. The molecule has 1 aliphatic heterocycles. The zero-order valence-electron chi connectivity index (χ0n) is 12.5. The molecule has 0 bridgehead atoms. The second kappa shape index (κ2) is 7.19. The minimum Gasteiger partial charge on any atom is -0.478 e. The molecule has 0 unspecified atom stereocenters. The van der Waals surface area contributed by atoms with E-state index in [1.807, 2.05) is 0 Å². The number of hydrogen-bond donors (Lipinski definition) is 1. The third-order valence-electron chi connectivity index (χ3n) is 3.50. The first-order valence-corrected chi connectivity index (χ1v) is 9.02. The largest absolute Gasteiger partial charge is 0.478 e. The zero-order valence-corrected chi connectivity index (χ0v) is 15.7. The zero-order chi connectivity index (χ0) is 18.1. The number of carbonyl (C=O) groups excluding carboxylic acids is 1. The van der Waals surface area contributed by atoms with Gasteiger partial charge < -0.3 is 10.0 Å². The van der Waals surface area contributed by atoms with Crippen LogP contribution in [0.1, 0.15) is 5.56 Å². The maximum absolute atomic E-state index is 14.2. The fourth-order valence-electron chi connectivity index (χ4n) is 2.39. The molecule has 4 nitrogen and oxygen atoms in total.